The fraction of sp³-hybridized carbons (Fsp3) is 0.182. The Bertz CT molecular complexity index is 431. The van der Waals surface area contributed by atoms with Gasteiger partial charge in [-0.25, -0.2) is 9.97 Å². The Morgan fingerprint density at radius 2 is 2.20 bits per heavy atom. The molecule has 0 atom stereocenters. The summed E-state index contributed by atoms with van der Waals surface area (Å²) in [5.74, 6) is 0.858. The highest BCUT2D eigenvalue weighted by molar-refractivity contribution is 7.98. The summed E-state index contributed by atoms with van der Waals surface area (Å²) in [5, 5.41) is 0.818. The van der Waals surface area contributed by atoms with E-state index in [0.29, 0.717) is 0 Å². The third-order valence-corrected chi connectivity index (χ3v) is 2.80. The largest absolute Gasteiger partial charge is 0.264 e. The highest BCUT2D eigenvalue weighted by atomic mass is 32.2. The second kappa shape index (κ2) is 4.89. The molecule has 2 rings (SSSR count). The highest BCUT2D eigenvalue weighted by Gasteiger charge is 1.98. The van der Waals surface area contributed by atoms with Crippen LogP contribution >= 0.6 is 11.8 Å². The van der Waals surface area contributed by atoms with Crippen LogP contribution in [0.3, 0.4) is 0 Å². The Kier molecular flexibility index (Phi) is 3.29. The Balaban J connectivity index is 1.99. The lowest BCUT2D eigenvalue weighted by Crippen LogP contribution is -1.89. The summed E-state index contributed by atoms with van der Waals surface area (Å²) < 4.78 is 0. The molecule has 3 nitrogen and oxygen atoms in total. The number of aryl methyl sites for hydroxylation is 1. The van der Waals surface area contributed by atoms with Crippen molar-refractivity contribution in [2.75, 3.05) is 0 Å². The summed E-state index contributed by atoms with van der Waals surface area (Å²) in [7, 11) is 0. The van der Waals surface area contributed by atoms with Gasteiger partial charge in [-0.2, -0.15) is 0 Å². The lowest BCUT2D eigenvalue weighted by molar-refractivity contribution is 0.931. The quantitative estimate of drug-likeness (QED) is 0.585. The van der Waals surface area contributed by atoms with Gasteiger partial charge in [-0.15, -0.1) is 0 Å². The molecule has 0 aliphatic carbocycles. The molecule has 4 heteroatoms. The van der Waals surface area contributed by atoms with Gasteiger partial charge in [0.2, 0.25) is 0 Å². The van der Waals surface area contributed by atoms with Gasteiger partial charge in [-0.1, -0.05) is 17.8 Å². The van der Waals surface area contributed by atoms with Crippen LogP contribution in [0.1, 0.15) is 11.3 Å². The summed E-state index contributed by atoms with van der Waals surface area (Å²) in [5.41, 5.74) is 2.19. The predicted octanol–water partition coefficient (Wildman–Crippen LogP) is 2.47. The zero-order valence-corrected chi connectivity index (χ0v) is 9.24. The van der Waals surface area contributed by atoms with Crippen LogP contribution in [0.5, 0.6) is 0 Å². The number of thioether (sulfide) groups is 1. The Morgan fingerprint density at radius 1 is 1.27 bits per heavy atom. The standard InChI is InChI=1S/C11H11N3S/c1-9-4-6-13-11(14-9)15-8-10-3-2-5-12-7-10/h2-7H,8H2,1H3. The normalized spacial score (nSPS) is 10.2. The van der Waals surface area contributed by atoms with Crippen molar-refractivity contribution in [3.05, 3.63) is 48.0 Å². The van der Waals surface area contributed by atoms with Crippen LogP contribution in [0, 0.1) is 6.92 Å². The molecule has 0 fully saturated rings. The summed E-state index contributed by atoms with van der Waals surface area (Å²) in [6.45, 7) is 1.97. The average Bonchev–Trinajstić information content (AvgIpc) is 2.28. The molecule has 0 aromatic carbocycles. The van der Waals surface area contributed by atoms with Gasteiger partial charge in [0.25, 0.3) is 0 Å². The van der Waals surface area contributed by atoms with E-state index in [4.69, 9.17) is 0 Å². The van der Waals surface area contributed by atoms with Gasteiger partial charge < -0.3 is 0 Å². The van der Waals surface area contributed by atoms with Crippen molar-refractivity contribution >= 4 is 11.8 Å². The van der Waals surface area contributed by atoms with Gasteiger partial charge in [0, 0.05) is 30.0 Å². The third kappa shape index (κ3) is 3.02. The van der Waals surface area contributed by atoms with Crippen LogP contribution in [0.15, 0.2) is 41.9 Å². The zero-order chi connectivity index (χ0) is 10.5. The summed E-state index contributed by atoms with van der Waals surface area (Å²) in [6, 6.07) is 5.89. The number of hydrogen-bond donors (Lipinski definition) is 0. The predicted molar refractivity (Wildman–Crippen MR) is 60.6 cm³/mol. The Morgan fingerprint density at radius 3 is 2.93 bits per heavy atom. The minimum atomic E-state index is 0.818. The average molecular weight is 217 g/mol. The van der Waals surface area contributed by atoms with Crippen LogP contribution in [0.2, 0.25) is 0 Å². The van der Waals surface area contributed by atoms with E-state index in [1.165, 1.54) is 5.56 Å². The smallest absolute Gasteiger partial charge is 0.188 e. The minimum Gasteiger partial charge on any atom is -0.264 e. The number of nitrogens with zero attached hydrogens (tertiary/aromatic N) is 3. The SMILES string of the molecule is Cc1ccnc(SCc2cccnc2)n1. The van der Waals surface area contributed by atoms with Crippen molar-refractivity contribution in [2.24, 2.45) is 0 Å². The molecule has 2 heterocycles. The summed E-state index contributed by atoms with van der Waals surface area (Å²) in [6.07, 6.45) is 5.42. The third-order valence-electron chi connectivity index (χ3n) is 1.86. The monoisotopic (exact) mass is 217 g/mol. The molecule has 0 unspecified atom stereocenters. The van der Waals surface area contributed by atoms with Crippen LogP contribution in [-0.4, -0.2) is 15.0 Å². The number of rotatable bonds is 3. The lowest BCUT2D eigenvalue weighted by Gasteiger charge is -2.00. The maximum atomic E-state index is 4.32. The second-order valence-corrected chi connectivity index (χ2v) is 4.07. The van der Waals surface area contributed by atoms with Gasteiger partial charge in [0.05, 0.1) is 0 Å². The molecule has 0 saturated heterocycles. The summed E-state index contributed by atoms with van der Waals surface area (Å²) in [4.78, 5) is 12.6. The number of aromatic nitrogens is 3. The molecule has 0 spiro atoms. The van der Waals surface area contributed by atoms with E-state index in [1.54, 1.807) is 24.2 Å². The molecule has 0 radical (unpaired) electrons. The number of pyridine rings is 1. The molecule has 2 aromatic rings. The molecule has 0 amide bonds. The topological polar surface area (TPSA) is 38.7 Å². The molecular weight excluding hydrogens is 206 g/mol. The van der Waals surface area contributed by atoms with E-state index in [9.17, 15) is 0 Å². The van der Waals surface area contributed by atoms with E-state index in [0.717, 1.165) is 16.6 Å². The second-order valence-electron chi connectivity index (χ2n) is 3.13. The van der Waals surface area contributed by atoms with E-state index < -0.39 is 0 Å². The maximum Gasteiger partial charge on any atom is 0.188 e. The van der Waals surface area contributed by atoms with Gasteiger partial charge in [-0.05, 0) is 24.6 Å². The number of hydrogen-bond acceptors (Lipinski definition) is 4. The van der Waals surface area contributed by atoms with Gasteiger partial charge in [0.1, 0.15) is 0 Å². The first kappa shape index (κ1) is 10.1. The first-order valence-electron chi connectivity index (χ1n) is 4.66. The van der Waals surface area contributed by atoms with Crippen molar-refractivity contribution in [2.45, 2.75) is 17.8 Å². The van der Waals surface area contributed by atoms with Crippen LogP contribution in [0.4, 0.5) is 0 Å². The molecule has 0 saturated carbocycles. The molecular formula is C11H11N3S. The molecule has 0 bridgehead atoms. The maximum absolute atomic E-state index is 4.32. The molecule has 76 valence electrons. The van der Waals surface area contributed by atoms with Crippen LogP contribution in [-0.2, 0) is 5.75 Å². The van der Waals surface area contributed by atoms with E-state index in [1.807, 2.05) is 25.3 Å². The van der Waals surface area contributed by atoms with Crippen molar-refractivity contribution < 1.29 is 0 Å². The minimum absolute atomic E-state index is 0.818. The van der Waals surface area contributed by atoms with Crippen LogP contribution in [0.25, 0.3) is 0 Å². The van der Waals surface area contributed by atoms with E-state index >= 15 is 0 Å². The first-order valence-corrected chi connectivity index (χ1v) is 5.64. The fourth-order valence-electron chi connectivity index (χ4n) is 1.13. The van der Waals surface area contributed by atoms with Crippen molar-refractivity contribution in [1.29, 1.82) is 0 Å². The van der Waals surface area contributed by atoms with Crippen LogP contribution < -0.4 is 0 Å². The molecule has 0 aliphatic heterocycles. The molecule has 2 aromatic heterocycles. The fourth-order valence-corrected chi connectivity index (χ4v) is 1.94. The van der Waals surface area contributed by atoms with Gasteiger partial charge >= 0.3 is 0 Å². The van der Waals surface area contributed by atoms with E-state index in [2.05, 4.69) is 21.0 Å². The highest BCUT2D eigenvalue weighted by Crippen LogP contribution is 2.17. The summed E-state index contributed by atoms with van der Waals surface area (Å²) >= 11 is 1.63. The molecule has 15 heavy (non-hydrogen) atoms. The van der Waals surface area contributed by atoms with Crippen molar-refractivity contribution in [1.82, 2.24) is 15.0 Å². The lowest BCUT2D eigenvalue weighted by atomic mass is 10.3. The molecule has 0 aliphatic rings. The van der Waals surface area contributed by atoms with Gasteiger partial charge in [0.15, 0.2) is 5.16 Å². The Hall–Kier alpha value is -1.42. The van der Waals surface area contributed by atoms with E-state index in [-0.39, 0.29) is 0 Å². The first-order chi connectivity index (χ1) is 7.34. The van der Waals surface area contributed by atoms with Gasteiger partial charge in [-0.3, -0.25) is 4.98 Å². The Labute approximate surface area is 93.0 Å². The zero-order valence-electron chi connectivity index (χ0n) is 8.42. The van der Waals surface area contributed by atoms with Crippen molar-refractivity contribution in [3.8, 4) is 0 Å². The molecule has 0 N–H and O–H groups in total. The van der Waals surface area contributed by atoms with Crippen molar-refractivity contribution in [3.63, 3.8) is 0 Å².